The summed E-state index contributed by atoms with van der Waals surface area (Å²) in [6.45, 7) is 0. The molecule has 0 fully saturated rings. The van der Waals surface area contributed by atoms with Crippen molar-refractivity contribution in [3.8, 4) is 12.0 Å². The first kappa shape index (κ1) is 33.5. The lowest BCUT2D eigenvalue weighted by molar-refractivity contribution is 0.380. The minimum atomic E-state index is -3.78. The molecule has 0 saturated heterocycles. The van der Waals surface area contributed by atoms with Crippen LogP contribution in [0.4, 0.5) is 17.2 Å². The average molecular weight is 666 g/mol. The van der Waals surface area contributed by atoms with E-state index in [9.17, 15) is 16.8 Å². The minimum Gasteiger partial charge on any atom is -0.467 e. The molecule has 0 aliphatic heterocycles. The van der Waals surface area contributed by atoms with Gasteiger partial charge in [-0.1, -0.05) is 34.8 Å². The van der Waals surface area contributed by atoms with Gasteiger partial charge in [0.25, 0.3) is 10.0 Å². The van der Waals surface area contributed by atoms with Crippen molar-refractivity contribution < 1.29 is 26.3 Å². The van der Waals surface area contributed by atoms with Crippen LogP contribution in [0.15, 0.2) is 70.5 Å². The van der Waals surface area contributed by atoms with E-state index in [0.717, 1.165) is 0 Å². The fourth-order valence-electron chi connectivity index (χ4n) is 2.50. The average Bonchev–Trinajstić information content (AvgIpc) is 2.88. The van der Waals surface area contributed by atoms with Gasteiger partial charge in [-0.05, 0) is 48.5 Å². The van der Waals surface area contributed by atoms with Gasteiger partial charge in [-0.3, -0.25) is 4.72 Å². The largest absolute Gasteiger partial charge is 0.467 e. The summed E-state index contributed by atoms with van der Waals surface area (Å²) in [6.07, 6.45) is 0. The van der Waals surface area contributed by atoms with Crippen molar-refractivity contribution in [3.63, 3.8) is 0 Å². The molecule has 4 rings (SSSR count). The molecular weight excluding hydrogens is 643 g/mol. The van der Waals surface area contributed by atoms with Gasteiger partial charge in [0.05, 0.1) is 24.0 Å². The van der Waals surface area contributed by atoms with Gasteiger partial charge in [0.15, 0.2) is 0 Å². The summed E-state index contributed by atoms with van der Waals surface area (Å²) < 4.78 is 57.4. The first-order valence-electron chi connectivity index (χ1n) is 10.7. The van der Waals surface area contributed by atoms with Crippen LogP contribution in [0.1, 0.15) is 0 Å². The van der Waals surface area contributed by atoms with Crippen molar-refractivity contribution in [3.05, 3.63) is 76.1 Å². The van der Waals surface area contributed by atoms with Crippen LogP contribution in [-0.4, -0.2) is 51.0 Å². The third-order valence-corrected chi connectivity index (χ3v) is 7.20. The zero-order chi connectivity index (χ0) is 30.8. The predicted octanol–water partition coefficient (Wildman–Crippen LogP) is 3.23. The number of nitrogen functional groups attached to an aromatic ring is 2. The van der Waals surface area contributed by atoms with E-state index in [4.69, 9.17) is 56.1 Å². The maximum Gasteiger partial charge on any atom is 0.319 e. The Balaban J connectivity index is 0.000000236. The van der Waals surface area contributed by atoms with Gasteiger partial charge in [-0.25, -0.2) is 22.0 Å². The van der Waals surface area contributed by atoms with Crippen LogP contribution in [0.2, 0.25) is 15.5 Å². The van der Waals surface area contributed by atoms with Crippen molar-refractivity contribution in [1.82, 2.24) is 19.9 Å². The molecule has 7 N–H and O–H groups in total. The molecule has 41 heavy (non-hydrogen) atoms. The number of rotatable bonds is 6. The highest BCUT2D eigenvalue weighted by Crippen LogP contribution is 2.20. The lowest BCUT2D eigenvalue weighted by atomic mass is 10.3. The van der Waals surface area contributed by atoms with Gasteiger partial charge in [0.2, 0.25) is 10.0 Å². The van der Waals surface area contributed by atoms with E-state index in [1.54, 1.807) is 0 Å². The summed E-state index contributed by atoms with van der Waals surface area (Å²) >= 11 is 16.8. The number of ether oxygens (including phenoxy) is 2. The summed E-state index contributed by atoms with van der Waals surface area (Å²) in [6, 6.07) is 14.3. The van der Waals surface area contributed by atoms with Crippen LogP contribution in [0.25, 0.3) is 0 Å². The fourth-order valence-corrected chi connectivity index (χ4v) is 4.59. The SMILES string of the molecule is COc1nc(Cl)cc(Cl)n1.COc1nc(Cl)cc(NS(=O)(=O)c2ccc(N)cc2)n1.Nc1ccc(S(N)(=O)=O)cc1. The Morgan fingerprint density at radius 3 is 1.46 bits per heavy atom. The van der Waals surface area contributed by atoms with E-state index in [-0.39, 0.29) is 43.1 Å². The standard InChI is InChI=1S/C11H11ClN4O3S.C6H8N2O2S.C5H4Cl2N2O/c1-19-11-14-9(12)6-10(15-11)16-20(17,18)8-4-2-7(13)3-5-8;7-5-1-3-6(4-2-5)11(8,9)10;1-10-5-8-3(6)2-4(7)9-5/h2-6H,13H2,1H3,(H,14,15,16);1-4H,7H2,(H2,8,9,10);2H,1H3. The number of nitrogens with two attached hydrogens (primary N) is 3. The lowest BCUT2D eigenvalue weighted by Gasteiger charge is -2.08. The molecular formula is C22H23Cl3N8O6S2. The third kappa shape index (κ3) is 11.4. The number of nitrogens with one attached hydrogen (secondary N) is 1. The number of nitrogens with zero attached hydrogens (tertiary/aromatic N) is 4. The van der Waals surface area contributed by atoms with Gasteiger partial charge >= 0.3 is 12.0 Å². The lowest BCUT2D eigenvalue weighted by Crippen LogP contribution is -2.14. The molecule has 19 heteroatoms. The van der Waals surface area contributed by atoms with Crippen LogP contribution in [0.3, 0.4) is 0 Å². The second-order valence-corrected chi connectivity index (χ2v) is 11.8. The Hall–Kier alpha value is -3.67. The summed E-state index contributed by atoms with van der Waals surface area (Å²) in [5.74, 6) is 0.0127. The molecule has 4 aromatic rings. The predicted molar refractivity (Wildman–Crippen MR) is 156 cm³/mol. The van der Waals surface area contributed by atoms with Crippen molar-refractivity contribution >= 4 is 72.0 Å². The molecule has 0 bridgehead atoms. The summed E-state index contributed by atoms with van der Waals surface area (Å²) in [4.78, 5) is 15.1. The number of sulfonamides is 2. The number of halogens is 3. The zero-order valence-corrected chi connectivity index (χ0v) is 25.1. The van der Waals surface area contributed by atoms with Crippen LogP contribution < -0.4 is 30.8 Å². The highest BCUT2D eigenvalue weighted by atomic mass is 35.5. The molecule has 0 radical (unpaired) electrons. The normalized spacial score (nSPS) is 10.8. The van der Waals surface area contributed by atoms with Crippen molar-refractivity contribution in [2.24, 2.45) is 5.14 Å². The summed E-state index contributed by atoms with van der Waals surface area (Å²) in [5, 5.41) is 5.45. The highest BCUT2D eigenvalue weighted by Gasteiger charge is 2.16. The maximum absolute atomic E-state index is 12.1. The van der Waals surface area contributed by atoms with Crippen LogP contribution in [0, 0.1) is 0 Å². The van der Waals surface area contributed by atoms with Gasteiger partial charge in [-0.2, -0.15) is 19.9 Å². The summed E-state index contributed by atoms with van der Waals surface area (Å²) in [7, 11) is -4.56. The maximum atomic E-state index is 12.1. The second-order valence-electron chi connectivity index (χ2n) is 7.35. The Morgan fingerprint density at radius 1 is 0.659 bits per heavy atom. The van der Waals surface area contributed by atoms with E-state index in [0.29, 0.717) is 11.4 Å². The number of methoxy groups -OCH3 is 2. The number of hydrogen-bond acceptors (Lipinski definition) is 12. The Bertz CT molecular complexity index is 1660. The van der Waals surface area contributed by atoms with E-state index in [1.165, 1.54) is 74.9 Å². The van der Waals surface area contributed by atoms with Crippen molar-refractivity contribution in [2.45, 2.75) is 9.79 Å². The molecule has 0 aliphatic rings. The molecule has 14 nitrogen and oxygen atoms in total. The van der Waals surface area contributed by atoms with E-state index in [1.807, 2.05) is 0 Å². The Morgan fingerprint density at radius 2 is 1.05 bits per heavy atom. The van der Waals surface area contributed by atoms with Crippen LogP contribution in [-0.2, 0) is 20.0 Å². The molecule has 0 amide bonds. The van der Waals surface area contributed by atoms with E-state index >= 15 is 0 Å². The minimum absolute atomic E-state index is 0.0127. The molecule has 0 spiro atoms. The quantitative estimate of drug-likeness (QED) is 0.172. The monoisotopic (exact) mass is 664 g/mol. The Labute approximate surface area is 250 Å². The smallest absolute Gasteiger partial charge is 0.319 e. The zero-order valence-electron chi connectivity index (χ0n) is 21.2. The molecule has 220 valence electrons. The van der Waals surface area contributed by atoms with E-state index in [2.05, 4.69) is 29.4 Å². The molecule has 0 atom stereocenters. The van der Waals surface area contributed by atoms with Crippen LogP contribution >= 0.6 is 34.8 Å². The van der Waals surface area contributed by atoms with Crippen molar-refractivity contribution in [1.29, 1.82) is 0 Å². The molecule has 2 aromatic heterocycles. The van der Waals surface area contributed by atoms with Crippen LogP contribution in [0.5, 0.6) is 12.0 Å². The van der Waals surface area contributed by atoms with Gasteiger partial charge in [0.1, 0.15) is 21.3 Å². The fraction of sp³-hybridized carbons (Fsp3) is 0.0909. The highest BCUT2D eigenvalue weighted by molar-refractivity contribution is 7.92. The number of benzene rings is 2. The van der Waals surface area contributed by atoms with Gasteiger partial charge in [-0.15, -0.1) is 0 Å². The number of primary sulfonamides is 1. The van der Waals surface area contributed by atoms with E-state index < -0.39 is 20.0 Å². The van der Waals surface area contributed by atoms with Crippen molar-refractivity contribution in [2.75, 3.05) is 30.4 Å². The first-order valence-corrected chi connectivity index (χ1v) is 14.9. The molecule has 0 saturated carbocycles. The number of anilines is 3. The van der Waals surface area contributed by atoms with Gasteiger partial charge < -0.3 is 20.9 Å². The topological polar surface area (TPSA) is 228 Å². The number of hydrogen-bond donors (Lipinski definition) is 4. The molecule has 2 heterocycles. The Kier molecular flexibility index (Phi) is 12.1. The first-order chi connectivity index (χ1) is 19.1. The third-order valence-electron chi connectivity index (χ3n) is 4.32. The molecule has 2 aromatic carbocycles. The summed E-state index contributed by atoms with van der Waals surface area (Å²) in [5.41, 5.74) is 11.8. The molecule has 0 unspecified atom stereocenters. The molecule has 0 aliphatic carbocycles. The van der Waals surface area contributed by atoms with Gasteiger partial charge in [0, 0.05) is 23.5 Å². The number of aromatic nitrogens is 4. The second kappa shape index (κ2) is 14.8.